The summed E-state index contributed by atoms with van der Waals surface area (Å²) in [7, 11) is 3.27. The second-order valence-electron chi connectivity index (χ2n) is 9.87. The molecular formula is C25H30N2O9. The van der Waals surface area contributed by atoms with Gasteiger partial charge in [-0.2, -0.15) is 0 Å². The number of carbonyl (C=O) groups is 5. The molecule has 2 fully saturated rings. The molecule has 7 atom stereocenters. The molecule has 3 unspecified atom stereocenters. The van der Waals surface area contributed by atoms with Gasteiger partial charge in [-0.05, 0) is 51.4 Å². The first-order chi connectivity index (χ1) is 16.9. The Morgan fingerprint density at radius 2 is 1.89 bits per heavy atom. The number of phenols is 1. The number of likely N-dealkylation sites (N-methyl/N-ethyl adjacent to an activating group) is 1. The fourth-order valence-electron chi connectivity index (χ4n) is 6.29. The van der Waals surface area contributed by atoms with E-state index in [-0.39, 0.29) is 30.8 Å². The highest BCUT2D eigenvalue weighted by molar-refractivity contribution is 6.25. The molecule has 0 aliphatic heterocycles. The second-order valence-corrected chi connectivity index (χ2v) is 9.87. The number of primary amides is 1. The summed E-state index contributed by atoms with van der Waals surface area (Å²) in [5.41, 5.74) is 3.46. The molecule has 0 spiro atoms. The summed E-state index contributed by atoms with van der Waals surface area (Å²) in [6.45, 7) is 1.16. The molecule has 11 nitrogen and oxygen atoms in total. The van der Waals surface area contributed by atoms with Gasteiger partial charge < -0.3 is 30.3 Å². The fourth-order valence-corrected chi connectivity index (χ4v) is 6.29. The van der Waals surface area contributed by atoms with Crippen LogP contribution >= 0.6 is 0 Å². The molecule has 1 amide bonds. The number of hydrogen-bond acceptors (Lipinski definition) is 10. The normalized spacial score (nSPS) is 33.5. The predicted molar refractivity (Wildman–Crippen MR) is 123 cm³/mol. The summed E-state index contributed by atoms with van der Waals surface area (Å²) in [6, 6.07) is 3.76. The Bertz CT molecular complexity index is 1130. The number of hydrogen-bond donors (Lipinski definition) is 3. The van der Waals surface area contributed by atoms with Gasteiger partial charge in [0.25, 0.3) is 0 Å². The maximum Gasteiger partial charge on any atom is 0.332 e. The Balaban J connectivity index is 1.79. The lowest BCUT2D eigenvalue weighted by Crippen LogP contribution is -2.75. The monoisotopic (exact) mass is 502 g/mol. The van der Waals surface area contributed by atoms with Crippen molar-refractivity contribution in [2.75, 3.05) is 27.3 Å². The van der Waals surface area contributed by atoms with E-state index in [9.17, 15) is 34.2 Å². The maximum atomic E-state index is 13.8. The second kappa shape index (κ2) is 9.38. The molecule has 3 aliphatic carbocycles. The number of esters is 1. The van der Waals surface area contributed by atoms with Crippen molar-refractivity contribution in [2.24, 2.45) is 29.4 Å². The molecule has 1 aromatic rings. The van der Waals surface area contributed by atoms with Crippen molar-refractivity contribution in [1.82, 2.24) is 4.90 Å². The van der Waals surface area contributed by atoms with Gasteiger partial charge in [0.05, 0.1) is 24.2 Å². The molecule has 0 radical (unpaired) electrons. The number of benzene rings is 1. The third-order valence-corrected chi connectivity index (χ3v) is 7.70. The van der Waals surface area contributed by atoms with Gasteiger partial charge >= 0.3 is 5.97 Å². The first-order valence-corrected chi connectivity index (χ1v) is 11.8. The van der Waals surface area contributed by atoms with Gasteiger partial charge in [-0.1, -0.05) is 12.1 Å². The van der Waals surface area contributed by atoms with Gasteiger partial charge in [0.2, 0.25) is 5.91 Å². The van der Waals surface area contributed by atoms with E-state index in [1.165, 1.54) is 6.07 Å². The number of ether oxygens (including phenoxy) is 2. The van der Waals surface area contributed by atoms with Crippen LogP contribution in [0, 0.1) is 23.7 Å². The minimum absolute atomic E-state index is 0.00339. The van der Waals surface area contributed by atoms with Gasteiger partial charge in [0, 0.05) is 12.0 Å². The number of aromatic hydroxyl groups is 1. The SMILES string of the molecule is CCOC(=O)COC1C(C(N)=O)C(=O)[C@@]2(O)C(=O)C3C(=O)c4c(O)cccc4C[C@H]3C[C@H]2[C@@H]1N(C)C. The van der Waals surface area contributed by atoms with E-state index in [0.29, 0.717) is 5.56 Å². The highest BCUT2D eigenvalue weighted by Gasteiger charge is 2.69. The van der Waals surface area contributed by atoms with E-state index >= 15 is 0 Å². The van der Waals surface area contributed by atoms with Gasteiger partial charge in [0.15, 0.2) is 23.0 Å². The number of nitrogens with two attached hydrogens (primary N) is 1. The highest BCUT2D eigenvalue weighted by atomic mass is 16.6. The zero-order valence-corrected chi connectivity index (χ0v) is 20.3. The van der Waals surface area contributed by atoms with Crippen LogP contribution in [0.15, 0.2) is 18.2 Å². The van der Waals surface area contributed by atoms with Gasteiger partial charge in [0.1, 0.15) is 18.3 Å². The van der Waals surface area contributed by atoms with Crippen molar-refractivity contribution in [1.29, 1.82) is 0 Å². The first-order valence-electron chi connectivity index (χ1n) is 11.8. The molecule has 3 aliphatic rings. The quantitative estimate of drug-likeness (QED) is 0.332. The number of phenolic OH excluding ortho intramolecular Hbond substituents is 1. The lowest BCUT2D eigenvalue weighted by Gasteiger charge is -2.55. The summed E-state index contributed by atoms with van der Waals surface area (Å²) >= 11 is 0. The molecule has 2 saturated carbocycles. The number of nitrogens with zero attached hydrogens (tertiary/aromatic N) is 1. The van der Waals surface area contributed by atoms with Crippen LogP contribution in [-0.2, 0) is 35.1 Å². The average Bonchev–Trinajstić information content (AvgIpc) is 2.79. The van der Waals surface area contributed by atoms with Gasteiger partial charge in [-0.15, -0.1) is 0 Å². The number of amides is 1. The standard InChI is InChI=1S/C25H30N2O9/c1-4-35-15(29)10-36-21-18(24(26)33)23(32)25(34)13(19(21)27(2)3)9-12-8-11-6-5-7-14(28)16(11)20(30)17(12)22(25)31/h5-7,12-13,17-19,21,28,34H,4,8-10H2,1-3H3,(H2,26,33)/t12-,13-,17?,18?,19-,21?,25-/m0/s1. The molecule has 1 aromatic carbocycles. The van der Waals surface area contributed by atoms with Crippen LogP contribution < -0.4 is 5.73 Å². The van der Waals surface area contributed by atoms with Crippen molar-refractivity contribution < 1.29 is 43.7 Å². The van der Waals surface area contributed by atoms with E-state index in [1.54, 1.807) is 38.1 Å². The van der Waals surface area contributed by atoms with Crippen molar-refractivity contribution in [3.8, 4) is 5.75 Å². The van der Waals surface area contributed by atoms with E-state index in [2.05, 4.69) is 0 Å². The van der Waals surface area contributed by atoms with Gasteiger partial charge in [-0.25, -0.2) is 4.79 Å². The Kier molecular flexibility index (Phi) is 6.76. The van der Waals surface area contributed by atoms with Crippen LogP contribution in [-0.4, -0.2) is 89.4 Å². The van der Waals surface area contributed by atoms with Crippen LogP contribution in [0.25, 0.3) is 0 Å². The summed E-state index contributed by atoms with van der Waals surface area (Å²) < 4.78 is 10.6. The summed E-state index contributed by atoms with van der Waals surface area (Å²) in [4.78, 5) is 66.8. The minimum Gasteiger partial charge on any atom is -0.507 e. The van der Waals surface area contributed by atoms with Crippen LogP contribution in [0.2, 0.25) is 0 Å². The van der Waals surface area contributed by atoms with Crippen molar-refractivity contribution in [3.05, 3.63) is 29.3 Å². The third kappa shape index (κ3) is 3.82. The number of Topliss-reactive ketones (excluding diaryl/α,β-unsaturated/α-hetero) is 3. The summed E-state index contributed by atoms with van der Waals surface area (Å²) in [5.74, 6) is -9.61. The first kappa shape index (κ1) is 25.9. The van der Waals surface area contributed by atoms with E-state index in [4.69, 9.17) is 15.2 Å². The Morgan fingerprint density at radius 3 is 2.50 bits per heavy atom. The Hall–Kier alpha value is -3.15. The molecule has 4 rings (SSSR count). The zero-order valence-electron chi connectivity index (χ0n) is 20.3. The highest BCUT2D eigenvalue weighted by Crippen LogP contribution is 2.51. The van der Waals surface area contributed by atoms with Crippen LogP contribution in [0.3, 0.4) is 0 Å². The van der Waals surface area contributed by atoms with Crippen molar-refractivity contribution in [2.45, 2.75) is 37.5 Å². The molecule has 36 heavy (non-hydrogen) atoms. The third-order valence-electron chi connectivity index (χ3n) is 7.70. The van der Waals surface area contributed by atoms with Crippen molar-refractivity contribution in [3.63, 3.8) is 0 Å². The predicted octanol–water partition coefficient (Wildman–Crippen LogP) is -0.754. The summed E-state index contributed by atoms with van der Waals surface area (Å²) in [6.07, 6.45) is -0.868. The number of aliphatic hydroxyl groups is 1. The Labute approximate surface area is 207 Å². The maximum absolute atomic E-state index is 13.8. The van der Waals surface area contributed by atoms with Crippen LogP contribution in [0.4, 0.5) is 0 Å². The topological polar surface area (TPSA) is 174 Å². The largest absolute Gasteiger partial charge is 0.507 e. The van der Waals surface area contributed by atoms with Crippen LogP contribution in [0.5, 0.6) is 5.75 Å². The smallest absolute Gasteiger partial charge is 0.332 e. The molecule has 0 heterocycles. The molecule has 0 saturated heterocycles. The molecule has 4 N–H and O–H groups in total. The van der Waals surface area contributed by atoms with E-state index in [1.807, 2.05) is 0 Å². The lowest BCUT2D eigenvalue weighted by atomic mass is 9.52. The number of rotatable bonds is 6. The lowest BCUT2D eigenvalue weighted by molar-refractivity contribution is -0.197. The zero-order chi connectivity index (χ0) is 26.5. The van der Waals surface area contributed by atoms with Crippen molar-refractivity contribution >= 4 is 29.2 Å². The Morgan fingerprint density at radius 1 is 1.19 bits per heavy atom. The van der Waals surface area contributed by atoms with E-state index in [0.717, 1.165) is 0 Å². The van der Waals surface area contributed by atoms with E-state index < -0.39 is 77.3 Å². The van der Waals surface area contributed by atoms with Crippen LogP contribution in [0.1, 0.15) is 29.3 Å². The molecule has 11 heteroatoms. The number of carbonyl (C=O) groups excluding carboxylic acids is 5. The molecule has 0 aromatic heterocycles. The average molecular weight is 503 g/mol. The summed E-state index contributed by atoms with van der Waals surface area (Å²) in [5, 5.41) is 22.0. The number of fused-ring (bicyclic) bond motifs is 3. The fraction of sp³-hybridized carbons (Fsp3) is 0.560. The molecular weight excluding hydrogens is 472 g/mol. The minimum atomic E-state index is -2.67. The van der Waals surface area contributed by atoms with Gasteiger partial charge in [-0.3, -0.25) is 19.2 Å². The molecule has 0 bridgehead atoms. The number of ketones is 3. The molecule has 194 valence electrons.